The smallest absolute Gasteiger partial charge is 0.335 e. The maximum Gasteiger partial charge on any atom is 0.335 e. The number of nitrogens with zero attached hydrogens (tertiary/aromatic N) is 1. The van der Waals surface area contributed by atoms with Crippen molar-refractivity contribution in [2.24, 2.45) is 0 Å². The second-order valence-electron chi connectivity index (χ2n) is 5.54. The number of ether oxygens (including phenoxy) is 1. The van der Waals surface area contributed by atoms with E-state index in [1.165, 1.54) is 28.6 Å². The molecule has 1 aliphatic heterocycles. The Bertz CT molecular complexity index is 833. The fourth-order valence-corrected chi connectivity index (χ4v) is 4.23. The maximum absolute atomic E-state index is 12.8. The van der Waals surface area contributed by atoms with E-state index in [-0.39, 0.29) is 23.1 Å². The first-order valence-corrected chi connectivity index (χ1v) is 8.89. The Morgan fingerprint density at radius 3 is 2.33 bits per heavy atom. The Hall–Kier alpha value is -2.22. The summed E-state index contributed by atoms with van der Waals surface area (Å²) in [6.07, 6.45) is -0.923. The van der Waals surface area contributed by atoms with Gasteiger partial charge in [-0.15, -0.1) is 0 Å². The molecule has 0 aromatic heterocycles. The Kier molecular flexibility index (Phi) is 4.40. The SMILES string of the molecule is CC1OC(c2ccccc2)CN1S(=O)(=O)c1ccc(C(=O)O)cc1. The van der Waals surface area contributed by atoms with Gasteiger partial charge in [-0.2, -0.15) is 4.31 Å². The van der Waals surface area contributed by atoms with Crippen LogP contribution >= 0.6 is 0 Å². The molecule has 0 spiro atoms. The van der Waals surface area contributed by atoms with E-state index in [0.29, 0.717) is 0 Å². The summed E-state index contributed by atoms with van der Waals surface area (Å²) in [5, 5.41) is 8.91. The van der Waals surface area contributed by atoms with Gasteiger partial charge in [-0.05, 0) is 36.8 Å². The highest BCUT2D eigenvalue weighted by molar-refractivity contribution is 7.89. The van der Waals surface area contributed by atoms with E-state index in [1.54, 1.807) is 6.92 Å². The number of hydrogen-bond acceptors (Lipinski definition) is 4. The van der Waals surface area contributed by atoms with Crippen molar-refractivity contribution >= 4 is 16.0 Å². The molecule has 2 atom stereocenters. The number of sulfonamides is 1. The minimum Gasteiger partial charge on any atom is -0.478 e. The highest BCUT2D eigenvalue weighted by Gasteiger charge is 2.39. The molecule has 6 nitrogen and oxygen atoms in total. The lowest BCUT2D eigenvalue weighted by atomic mass is 10.1. The Balaban J connectivity index is 1.86. The maximum atomic E-state index is 12.8. The molecule has 1 saturated heterocycles. The van der Waals surface area contributed by atoms with E-state index in [2.05, 4.69) is 0 Å². The first-order valence-electron chi connectivity index (χ1n) is 7.45. The second kappa shape index (κ2) is 6.35. The molecule has 0 aliphatic carbocycles. The zero-order valence-electron chi connectivity index (χ0n) is 13.0. The van der Waals surface area contributed by atoms with Gasteiger partial charge >= 0.3 is 5.97 Å². The van der Waals surface area contributed by atoms with Crippen LogP contribution in [0.1, 0.15) is 28.9 Å². The minimum absolute atomic E-state index is 0.0434. The third kappa shape index (κ3) is 3.06. The summed E-state index contributed by atoms with van der Waals surface area (Å²) in [6.45, 7) is 1.90. The van der Waals surface area contributed by atoms with Crippen molar-refractivity contribution in [1.82, 2.24) is 4.31 Å². The van der Waals surface area contributed by atoms with Crippen LogP contribution in [0.15, 0.2) is 59.5 Å². The van der Waals surface area contributed by atoms with Crippen molar-refractivity contribution in [3.05, 3.63) is 65.7 Å². The molecule has 0 radical (unpaired) electrons. The number of carbonyl (C=O) groups is 1. The van der Waals surface area contributed by atoms with E-state index < -0.39 is 22.2 Å². The largest absolute Gasteiger partial charge is 0.478 e. The van der Waals surface area contributed by atoms with Crippen LogP contribution in [0, 0.1) is 0 Å². The van der Waals surface area contributed by atoms with Gasteiger partial charge in [0, 0.05) is 6.54 Å². The predicted molar refractivity (Wildman–Crippen MR) is 87.0 cm³/mol. The molecule has 1 N–H and O–H groups in total. The van der Waals surface area contributed by atoms with E-state index in [4.69, 9.17) is 9.84 Å². The van der Waals surface area contributed by atoms with E-state index in [1.807, 2.05) is 30.3 Å². The summed E-state index contributed by atoms with van der Waals surface area (Å²) in [4.78, 5) is 10.9. The highest BCUT2D eigenvalue weighted by Crippen LogP contribution is 2.32. The Morgan fingerprint density at radius 1 is 1.12 bits per heavy atom. The number of benzene rings is 2. The number of carboxylic acid groups (broad SMARTS) is 1. The van der Waals surface area contributed by atoms with E-state index >= 15 is 0 Å². The minimum atomic E-state index is -3.76. The molecule has 1 heterocycles. The normalized spacial score (nSPS) is 21.7. The molecule has 0 amide bonds. The van der Waals surface area contributed by atoms with Gasteiger partial charge in [0.15, 0.2) is 0 Å². The summed E-state index contributed by atoms with van der Waals surface area (Å²) in [5.74, 6) is -1.10. The summed E-state index contributed by atoms with van der Waals surface area (Å²) in [5.41, 5.74) is 0.963. The first kappa shape index (κ1) is 16.6. The van der Waals surface area contributed by atoms with Crippen LogP contribution in [0.3, 0.4) is 0 Å². The van der Waals surface area contributed by atoms with Crippen molar-refractivity contribution < 1.29 is 23.1 Å². The monoisotopic (exact) mass is 347 g/mol. The van der Waals surface area contributed by atoms with Gasteiger partial charge < -0.3 is 9.84 Å². The van der Waals surface area contributed by atoms with Crippen molar-refractivity contribution in [1.29, 1.82) is 0 Å². The summed E-state index contributed by atoms with van der Waals surface area (Å²) >= 11 is 0. The summed E-state index contributed by atoms with van der Waals surface area (Å²) < 4.78 is 32.7. The lowest BCUT2D eigenvalue weighted by Crippen LogP contribution is -2.34. The zero-order valence-corrected chi connectivity index (χ0v) is 13.8. The molecule has 2 aromatic carbocycles. The summed E-state index contributed by atoms with van der Waals surface area (Å²) in [6, 6.07) is 14.6. The number of carboxylic acids is 1. The Morgan fingerprint density at radius 2 is 1.75 bits per heavy atom. The number of rotatable bonds is 4. The lowest BCUT2D eigenvalue weighted by Gasteiger charge is -2.19. The second-order valence-corrected chi connectivity index (χ2v) is 7.43. The van der Waals surface area contributed by atoms with E-state index in [0.717, 1.165) is 5.56 Å². The molecule has 3 rings (SSSR count). The molecule has 1 aliphatic rings. The highest BCUT2D eigenvalue weighted by atomic mass is 32.2. The molecule has 7 heteroatoms. The summed E-state index contributed by atoms with van der Waals surface area (Å²) in [7, 11) is -3.76. The zero-order chi connectivity index (χ0) is 17.3. The average molecular weight is 347 g/mol. The van der Waals surface area contributed by atoms with Gasteiger partial charge in [0.1, 0.15) is 6.23 Å². The fraction of sp³-hybridized carbons (Fsp3) is 0.235. The third-order valence-electron chi connectivity index (χ3n) is 3.99. The van der Waals surface area contributed by atoms with Gasteiger partial charge in [0.05, 0.1) is 16.6 Å². The quantitative estimate of drug-likeness (QED) is 0.919. The van der Waals surface area contributed by atoms with Crippen LogP contribution in [0.25, 0.3) is 0 Å². The van der Waals surface area contributed by atoms with Crippen LogP contribution in [0.5, 0.6) is 0 Å². The van der Waals surface area contributed by atoms with Crippen LogP contribution in [0.4, 0.5) is 0 Å². The first-order chi connectivity index (χ1) is 11.4. The standard InChI is InChI=1S/C17H17NO5S/c1-12-18(11-16(23-12)13-5-3-2-4-6-13)24(21,22)15-9-7-14(8-10-15)17(19)20/h2-10,12,16H,11H2,1H3,(H,19,20). The molecular formula is C17H17NO5S. The lowest BCUT2D eigenvalue weighted by molar-refractivity contribution is 0.0344. The molecule has 2 aromatic rings. The van der Waals surface area contributed by atoms with E-state index in [9.17, 15) is 13.2 Å². The van der Waals surface area contributed by atoms with Crippen LogP contribution in [-0.2, 0) is 14.8 Å². The molecule has 1 fully saturated rings. The van der Waals surface area contributed by atoms with Crippen LogP contribution in [-0.4, -0.2) is 36.6 Å². The number of aromatic carboxylic acids is 1. The van der Waals surface area contributed by atoms with Gasteiger partial charge in [-0.1, -0.05) is 30.3 Å². The molecule has 24 heavy (non-hydrogen) atoms. The topological polar surface area (TPSA) is 83.9 Å². The van der Waals surface area contributed by atoms with Gasteiger partial charge in [-0.25, -0.2) is 13.2 Å². The predicted octanol–water partition coefficient (Wildman–Crippen LogP) is 2.49. The third-order valence-corrected chi connectivity index (χ3v) is 5.92. The van der Waals surface area contributed by atoms with Crippen molar-refractivity contribution in [2.75, 3.05) is 6.54 Å². The molecule has 0 bridgehead atoms. The van der Waals surface area contributed by atoms with Crippen LogP contribution < -0.4 is 0 Å². The average Bonchev–Trinajstić information content (AvgIpc) is 2.98. The molecule has 126 valence electrons. The molecule has 0 saturated carbocycles. The van der Waals surface area contributed by atoms with Crippen molar-refractivity contribution in [2.45, 2.75) is 24.2 Å². The van der Waals surface area contributed by atoms with Crippen LogP contribution in [0.2, 0.25) is 0 Å². The van der Waals surface area contributed by atoms with Crippen molar-refractivity contribution in [3.8, 4) is 0 Å². The van der Waals surface area contributed by atoms with Gasteiger partial charge in [0.2, 0.25) is 10.0 Å². The molecule has 2 unspecified atom stereocenters. The number of hydrogen-bond donors (Lipinski definition) is 1. The Labute approximate surface area is 140 Å². The van der Waals surface area contributed by atoms with Crippen molar-refractivity contribution in [3.63, 3.8) is 0 Å². The molecular weight excluding hydrogens is 330 g/mol. The van der Waals surface area contributed by atoms with Gasteiger partial charge in [0.25, 0.3) is 0 Å². The fourth-order valence-electron chi connectivity index (χ4n) is 2.71. The van der Waals surface area contributed by atoms with Gasteiger partial charge in [-0.3, -0.25) is 0 Å².